The number of sulfone groups is 1. The van der Waals surface area contributed by atoms with Crippen LogP contribution >= 0.6 is 0 Å². The van der Waals surface area contributed by atoms with Crippen LogP contribution in [0.3, 0.4) is 0 Å². The maximum absolute atomic E-state index is 13.1. The van der Waals surface area contributed by atoms with Gasteiger partial charge in [0.05, 0.1) is 28.4 Å². The lowest BCUT2D eigenvalue weighted by atomic mass is 9.51. The molecule has 6 rings (SSSR count). The van der Waals surface area contributed by atoms with E-state index >= 15 is 0 Å². The number of rotatable bonds is 4. The highest BCUT2D eigenvalue weighted by molar-refractivity contribution is 7.91. The zero-order valence-corrected chi connectivity index (χ0v) is 19.1. The number of hydrogen-bond acceptors (Lipinski definition) is 7. The van der Waals surface area contributed by atoms with Gasteiger partial charge in [-0.3, -0.25) is 4.79 Å². The molecule has 0 radical (unpaired) electrons. The highest BCUT2D eigenvalue weighted by Gasteiger charge is 2.57. The minimum Gasteiger partial charge on any atom is -0.390 e. The van der Waals surface area contributed by atoms with Crippen LogP contribution in [-0.2, 0) is 9.84 Å². The Hall–Kier alpha value is -1.74. The van der Waals surface area contributed by atoms with Crippen molar-refractivity contribution in [2.75, 3.05) is 29.9 Å². The molecule has 31 heavy (non-hydrogen) atoms. The van der Waals surface area contributed by atoms with Gasteiger partial charge in [-0.15, -0.1) is 0 Å². The first-order chi connectivity index (χ1) is 14.6. The van der Waals surface area contributed by atoms with Crippen LogP contribution in [-0.4, -0.2) is 70.0 Å². The molecular formula is C22H32N4O4S. The van der Waals surface area contributed by atoms with Crippen molar-refractivity contribution in [3.05, 3.63) is 17.5 Å². The number of aromatic nitrogens is 2. The number of hydrogen-bond donors (Lipinski definition) is 2. The summed E-state index contributed by atoms with van der Waals surface area (Å²) in [5.41, 5.74) is 0.394. The maximum atomic E-state index is 13.1. The van der Waals surface area contributed by atoms with Crippen molar-refractivity contribution >= 4 is 21.7 Å². The first-order valence-electron chi connectivity index (χ1n) is 11.4. The third kappa shape index (κ3) is 3.95. The number of nitrogens with zero attached hydrogens (tertiary/aromatic N) is 3. The molecule has 4 aliphatic carbocycles. The van der Waals surface area contributed by atoms with Crippen LogP contribution in [0.25, 0.3) is 0 Å². The predicted molar refractivity (Wildman–Crippen MR) is 117 cm³/mol. The molecule has 1 aliphatic heterocycles. The summed E-state index contributed by atoms with van der Waals surface area (Å²) in [7, 11) is -3.05. The summed E-state index contributed by atoms with van der Waals surface area (Å²) in [6.45, 7) is 4.42. The smallest absolute Gasteiger partial charge is 0.257 e. The molecule has 1 aromatic rings. The van der Waals surface area contributed by atoms with E-state index in [1.807, 2.05) is 13.8 Å². The molecule has 2 atom stereocenters. The van der Waals surface area contributed by atoms with Crippen molar-refractivity contribution in [1.29, 1.82) is 0 Å². The van der Waals surface area contributed by atoms with Crippen molar-refractivity contribution in [1.82, 2.24) is 14.9 Å². The van der Waals surface area contributed by atoms with E-state index in [2.05, 4.69) is 10.3 Å². The average molecular weight is 449 g/mol. The van der Waals surface area contributed by atoms with Gasteiger partial charge in [0.1, 0.15) is 0 Å². The molecule has 4 saturated carbocycles. The lowest BCUT2D eigenvalue weighted by Gasteiger charge is -2.60. The summed E-state index contributed by atoms with van der Waals surface area (Å²) in [5.74, 6) is 1.46. The molecule has 9 heteroatoms. The van der Waals surface area contributed by atoms with E-state index in [1.165, 1.54) is 6.42 Å². The molecule has 5 fully saturated rings. The zero-order valence-electron chi connectivity index (χ0n) is 18.3. The fraction of sp³-hybridized carbons (Fsp3) is 0.773. The molecule has 1 saturated heterocycles. The zero-order chi connectivity index (χ0) is 22.0. The largest absolute Gasteiger partial charge is 0.390 e. The van der Waals surface area contributed by atoms with Gasteiger partial charge in [-0.2, -0.15) is 0 Å². The normalized spacial score (nSPS) is 36.1. The molecule has 0 aromatic carbocycles. The first-order valence-corrected chi connectivity index (χ1v) is 13.2. The number of carbonyl (C=O) groups is 1. The Morgan fingerprint density at radius 1 is 1.19 bits per heavy atom. The van der Waals surface area contributed by atoms with Crippen LogP contribution in [0.5, 0.6) is 0 Å². The van der Waals surface area contributed by atoms with E-state index in [4.69, 9.17) is 4.98 Å². The second kappa shape index (κ2) is 7.13. The van der Waals surface area contributed by atoms with Gasteiger partial charge < -0.3 is 15.3 Å². The predicted octanol–water partition coefficient (Wildman–Crippen LogP) is 1.97. The third-order valence-electron chi connectivity index (χ3n) is 7.63. The summed E-state index contributed by atoms with van der Waals surface area (Å²) in [4.78, 5) is 23.9. The summed E-state index contributed by atoms with van der Waals surface area (Å²) >= 11 is 0. The monoisotopic (exact) mass is 448 g/mol. The first kappa shape index (κ1) is 21.1. The number of nitrogens with one attached hydrogen (secondary N) is 1. The standard InChI is InChI=1S/C22H32N4O4S/c1-14(2)18-17(19(27)26-3-5-31(29,30)6-4-26)12-23-20(24-18)25-21-8-15-7-16(9-21)11-22(28,10-15)13-21/h12,14-16,28H,3-11,13H2,1-2H3,(H,23,24,25). The van der Waals surface area contributed by atoms with Crippen molar-refractivity contribution < 1.29 is 18.3 Å². The van der Waals surface area contributed by atoms with E-state index in [1.54, 1.807) is 11.1 Å². The lowest BCUT2D eigenvalue weighted by molar-refractivity contribution is -0.127. The van der Waals surface area contributed by atoms with E-state index < -0.39 is 15.4 Å². The fourth-order valence-electron chi connectivity index (χ4n) is 6.74. The average Bonchev–Trinajstić information content (AvgIpc) is 2.65. The quantitative estimate of drug-likeness (QED) is 0.724. The SMILES string of the molecule is CC(C)c1nc(NC23CC4CC(CC(O)(C4)C2)C3)ncc1C(=O)N1CCS(=O)(=O)CC1. The van der Waals surface area contributed by atoms with E-state index in [9.17, 15) is 18.3 Å². The molecular weight excluding hydrogens is 416 g/mol. The molecule has 5 aliphatic rings. The van der Waals surface area contributed by atoms with Crippen molar-refractivity contribution in [3.8, 4) is 0 Å². The van der Waals surface area contributed by atoms with Crippen LogP contribution in [0.4, 0.5) is 5.95 Å². The molecule has 0 spiro atoms. The number of carbonyl (C=O) groups excluding carboxylic acids is 1. The second-order valence-corrected chi connectivity index (χ2v) is 13.0. The van der Waals surface area contributed by atoms with Gasteiger partial charge in [0.15, 0.2) is 9.84 Å². The lowest BCUT2D eigenvalue weighted by Crippen LogP contribution is -2.62. The van der Waals surface area contributed by atoms with Gasteiger partial charge in [0.2, 0.25) is 5.95 Å². The molecule has 4 bridgehead atoms. The van der Waals surface area contributed by atoms with Crippen LogP contribution in [0.1, 0.15) is 74.3 Å². The Kier molecular flexibility index (Phi) is 4.86. The topological polar surface area (TPSA) is 112 Å². The Balaban J connectivity index is 1.38. The summed E-state index contributed by atoms with van der Waals surface area (Å²) in [6.07, 6.45) is 7.42. The number of amides is 1. The van der Waals surface area contributed by atoms with Crippen molar-refractivity contribution in [2.24, 2.45) is 11.8 Å². The van der Waals surface area contributed by atoms with Crippen LogP contribution in [0.2, 0.25) is 0 Å². The van der Waals surface area contributed by atoms with Gasteiger partial charge >= 0.3 is 0 Å². The third-order valence-corrected chi connectivity index (χ3v) is 9.24. The van der Waals surface area contributed by atoms with E-state index in [0.29, 0.717) is 29.0 Å². The van der Waals surface area contributed by atoms with Gasteiger partial charge in [-0.25, -0.2) is 18.4 Å². The molecule has 2 heterocycles. The molecule has 2 N–H and O–H groups in total. The molecule has 8 nitrogen and oxygen atoms in total. The molecule has 170 valence electrons. The Morgan fingerprint density at radius 3 is 2.42 bits per heavy atom. The van der Waals surface area contributed by atoms with Crippen molar-refractivity contribution in [2.45, 2.75) is 69.4 Å². The van der Waals surface area contributed by atoms with Crippen LogP contribution < -0.4 is 5.32 Å². The summed E-state index contributed by atoms with van der Waals surface area (Å²) in [6, 6.07) is 0. The van der Waals surface area contributed by atoms with Crippen LogP contribution in [0.15, 0.2) is 6.20 Å². The molecule has 2 unspecified atom stereocenters. The van der Waals surface area contributed by atoms with Crippen molar-refractivity contribution in [3.63, 3.8) is 0 Å². The maximum Gasteiger partial charge on any atom is 0.257 e. The molecule has 1 aromatic heterocycles. The fourth-order valence-corrected chi connectivity index (χ4v) is 7.94. The van der Waals surface area contributed by atoms with Gasteiger partial charge in [0, 0.05) is 24.8 Å². The van der Waals surface area contributed by atoms with E-state index in [0.717, 1.165) is 32.1 Å². The molecule has 1 amide bonds. The van der Waals surface area contributed by atoms with Gasteiger partial charge in [-0.1, -0.05) is 13.8 Å². The minimum absolute atomic E-state index is 0.00398. The van der Waals surface area contributed by atoms with Gasteiger partial charge in [-0.05, 0) is 56.3 Å². The second-order valence-electron chi connectivity index (χ2n) is 10.7. The highest BCUT2D eigenvalue weighted by atomic mass is 32.2. The summed E-state index contributed by atoms with van der Waals surface area (Å²) in [5, 5.41) is 14.6. The number of anilines is 1. The Morgan fingerprint density at radius 2 is 1.84 bits per heavy atom. The minimum atomic E-state index is -3.05. The van der Waals surface area contributed by atoms with Gasteiger partial charge in [0.25, 0.3) is 5.91 Å². The number of aliphatic hydroxyl groups is 1. The van der Waals surface area contributed by atoms with E-state index in [-0.39, 0.29) is 42.0 Å². The highest BCUT2D eigenvalue weighted by Crippen LogP contribution is 2.58. The van der Waals surface area contributed by atoms with Crippen LogP contribution in [0, 0.1) is 11.8 Å². The Bertz CT molecular complexity index is 981. The summed E-state index contributed by atoms with van der Waals surface area (Å²) < 4.78 is 23.4. The Labute approximate surface area is 183 Å².